The van der Waals surface area contributed by atoms with Gasteiger partial charge in [0.2, 0.25) is 0 Å². The summed E-state index contributed by atoms with van der Waals surface area (Å²) in [6.45, 7) is 55.1. The second-order valence-corrected chi connectivity index (χ2v) is 33.1. The Bertz CT molecular complexity index is 3910. The highest BCUT2D eigenvalue weighted by Crippen LogP contribution is 2.43. The number of para-hydroxylation sites is 2. The van der Waals surface area contributed by atoms with E-state index >= 15 is 0 Å². The van der Waals surface area contributed by atoms with Crippen LogP contribution in [0.15, 0.2) is 146 Å². The first-order valence-corrected chi connectivity index (χ1v) is 31.6. The average molecular weight is 1150 g/mol. The van der Waals surface area contributed by atoms with E-state index in [0.717, 1.165) is 61.5 Å². The first kappa shape index (κ1) is 62.5. The standard InChI is InChI=1S/C81H96N6/c1-74(2,3)54-35-50(36-55(44-54)75(4,5)6)65-48-66(51-37-56(76(7,8)9)45-57(38-51)77(10,11)12)83-70(82-65)49-33-34-69(87-67-31-27-25-29-62(67)63-30-26-28-32-68(63)87)64(43-49)73-85-71(52-39-58(78(13,14)15)46-59(40-52)79(16,17)18)84-72(86-73)53-41-60(80(19,20)21)47-61(42-53)81(22,23)24/h25-48H,1-24H3. The fourth-order valence-electron chi connectivity index (χ4n) is 11.4. The van der Waals surface area contributed by atoms with Crippen LogP contribution in [0.25, 0.3) is 95.6 Å². The van der Waals surface area contributed by atoms with Gasteiger partial charge >= 0.3 is 0 Å². The zero-order valence-electron chi connectivity index (χ0n) is 57.0. The molecular formula is C81H96N6. The predicted octanol–water partition coefficient (Wildman–Crippen LogP) is 22.1. The summed E-state index contributed by atoms with van der Waals surface area (Å²) in [6, 6.07) is 54.5. The maximum atomic E-state index is 5.74. The molecule has 450 valence electrons. The Labute approximate surface area is 521 Å². The number of rotatable bonds is 7. The van der Waals surface area contributed by atoms with E-state index < -0.39 is 0 Å². The smallest absolute Gasteiger partial charge is 0.166 e. The van der Waals surface area contributed by atoms with Gasteiger partial charge in [-0.25, -0.2) is 24.9 Å². The van der Waals surface area contributed by atoms with Gasteiger partial charge in [-0.1, -0.05) is 227 Å². The molecule has 6 heteroatoms. The lowest BCUT2D eigenvalue weighted by molar-refractivity contribution is 0.568. The summed E-state index contributed by atoms with van der Waals surface area (Å²) in [6.07, 6.45) is 0. The van der Waals surface area contributed by atoms with Crippen molar-refractivity contribution in [1.29, 1.82) is 0 Å². The van der Waals surface area contributed by atoms with Gasteiger partial charge in [-0.3, -0.25) is 0 Å². The Hall–Kier alpha value is -7.57. The summed E-state index contributed by atoms with van der Waals surface area (Å²) in [5.41, 5.74) is 19.5. The molecule has 0 amide bonds. The Morgan fingerprint density at radius 1 is 0.241 bits per heavy atom. The van der Waals surface area contributed by atoms with Crippen LogP contribution in [0.3, 0.4) is 0 Å². The average Bonchev–Trinajstić information content (AvgIpc) is 1.74. The Morgan fingerprint density at radius 3 is 0.828 bits per heavy atom. The SMILES string of the molecule is CC(C)(C)c1cc(-c2cc(-c3cc(C(C)(C)C)cc(C(C)(C)C)c3)nc(-c3ccc(-n4c5ccccc5c5ccccc54)c(-c4nc(-c5cc(C(C)(C)C)cc(C(C)(C)C)c5)nc(-c5cc(C(C)(C)C)cc(C(C)(C)C)c5)n4)c3)n2)cc(C(C)(C)C)c1. The Kier molecular flexibility index (Phi) is 15.5. The van der Waals surface area contributed by atoms with Crippen molar-refractivity contribution in [2.45, 2.75) is 209 Å². The van der Waals surface area contributed by atoms with Crippen molar-refractivity contribution in [3.8, 4) is 73.8 Å². The third-order valence-electron chi connectivity index (χ3n) is 17.4. The van der Waals surface area contributed by atoms with E-state index in [1.54, 1.807) is 0 Å². The molecule has 0 saturated carbocycles. The van der Waals surface area contributed by atoms with E-state index in [2.05, 4.69) is 316 Å². The molecule has 6 nitrogen and oxygen atoms in total. The van der Waals surface area contributed by atoms with Crippen LogP contribution >= 0.6 is 0 Å². The number of aromatic nitrogens is 6. The lowest BCUT2D eigenvalue weighted by Gasteiger charge is -2.27. The normalized spacial score (nSPS) is 13.3. The highest BCUT2D eigenvalue weighted by Gasteiger charge is 2.29. The van der Waals surface area contributed by atoms with Crippen LogP contribution in [0, 0.1) is 0 Å². The maximum Gasteiger partial charge on any atom is 0.166 e. The molecule has 0 bridgehead atoms. The quantitative estimate of drug-likeness (QED) is 0.159. The van der Waals surface area contributed by atoms with E-state index in [9.17, 15) is 0 Å². The molecule has 10 rings (SSSR count). The molecule has 0 aliphatic carbocycles. The fraction of sp³-hybridized carbons (Fsp3) is 0.395. The van der Waals surface area contributed by atoms with Crippen molar-refractivity contribution < 1.29 is 0 Å². The van der Waals surface area contributed by atoms with Crippen LogP contribution in [0.2, 0.25) is 0 Å². The highest BCUT2D eigenvalue weighted by molar-refractivity contribution is 6.09. The second-order valence-electron chi connectivity index (χ2n) is 33.1. The fourth-order valence-corrected chi connectivity index (χ4v) is 11.4. The van der Waals surface area contributed by atoms with Crippen LogP contribution in [-0.2, 0) is 43.3 Å². The van der Waals surface area contributed by atoms with Crippen molar-refractivity contribution in [3.05, 3.63) is 190 Å². The molecule has 3 heterocycles. The molecule has 0 atom stereocenters. The van der Waals surface area contributed by atoms with Gasteiger partial charge in [0.05, 0.1) is 28.1 Å². The summed E-state index contributed by atoms with van der Waals surface area (Å²) in [7, 11) is 0. The minimum absolute atomic E-state index is 0.109. The summed E-state index contributed by atoms with van der Waals surface area (Å²) in [5, 5.41) is 2.34. The van der Waals surface area contributed by atoms with Crippen molar-refractivity contribution in [3.63, 3.8) is 0 Å². The Morgan fingerprint density at radius 2 is 0.517 bits per heavy atom. The molecule has 0 spiro atoms. The monoisotopic (exact) mass is 1150 g/mol. The summed E-state index contributed by atoms with van der Waals surface area (Å²) in [5.74, 6) is 2.41. The zero-order valence-corrected chi connectivity index (χ0v) is 57.0. The van der Waals surface area contributed by atoms with Gasteiger partial charge < -0.3 is 4.57 Å². The zero-order chi connectivity index (χ0) is 63.5. The van der Waals surface area contributed by atoms with Gasteiger partial charge in [-0.05, 0) is 173 Å². The molecule has 0 N–H and O–H groups in total. The van der Waals surface area contributed by atoms with Crippen molar-refractivity contribution in [2.75, 3.05) is 0 Å². The predicted molar refractivity (Wildman–Crippen MR) is 372 cm³/mol. The van der Waals surface area contributed by atoms with E-state index in [4.69, 9.17) is 24.9 Å². The molecule has 0 fully saturated rings. The van der Waals surface area contributed by atoms with Crippen LogP contribution in [-0.4, -0.2) is 29.5 Å². The van der Waals surface area contributed by atoms with Gasteiger partial charge in [-0.2, -0.15) is 0 Å². The van der Waals surface area contributed by atoms with Crippen molar-refractivity contribution >= 4 is 21.8 Å². The van der Waals surface area contributed by atoms with Crippen LogP contribution < -0.4 is 0 Å². The van der Waals surface area contributed by atoms with E-state index in [0.29, 0.717) is 23.3 Å². The minimum atomic E-state index is -0.145. The summed E-state index contributed by atoms with van der Waals surface area (Å²) in [4.78, 5) is 28.5. The first-order valence-electron chi connectivity index (χ1n) is 31.6. The van der Waals surface area contributed by atoms with Gasteiger partial charge in [0, 0.05) is 44.2 Å². The number of benzene rings is 7. The minimum Gasteiger partial charge on any atom is -0.309 e. The van der Waals surface area contributed by atoms with Gasteiger partial charge in [0.25, 0.3) is 0 Å². The molecule has 7 aromatic carbocycles. The van der Waals surface area contributed by atoms with Crippen molar-refractivity contribution in [2.24, 2.45) is 0 Å². The third kappa shape index (κ3) is 13.0. The molecule has 0 aliphatic heterocycles. The first-order chi connectivity index (χ1) is 40.1. The molecule has 0 unspecified atom stereocenters. The van der Waals surface area contributed by atoms with Crippen LogP contribution in [0.5, 0.6) is 0 Å². The Balaban J connectivity index is 1.36. The summed E-state index contributed by atoms with van der Waals surface area (Å²) < 4.78 is 2.39. The lowest BCUT2D eigenvalue weighted by Crippen LogP contribution is -2.17. The number of hydrogen-bond donors (Lipinski definition) is 0. The second kappa shape index (κ2) is 21.6. The molecule has 0 radical (unpaired) electrons. The third-order valence-corrected chi connectivity index (χ3v) is 17.4. The largest absolute Gasteiger partial charge is 0.309 e. The van der Waals surface area contributed by atoms with Gasteiger partial charge in [0.15, 0.2) is 23.3 Å². The van der Waals surface area contributed by atoms with Crippen molar-refractivity contribution in [1.82, 2.24) is 29.5 Å². The van der Waals surface area contributed by atoms with E-state index in [1.165, 1.54) is 55.3 Å². The molecule has 0 saturated heterocycles. The molecule has 87 heavy (non-hydrogen) atoms. The van der Waals surface area contributed by atoms with E-state index in [1.807, 2.05) is 0 Å². The number of nitrogens with zero attached hydrogens (tertiary/aromatic N) is 6. The van der Waals surface area contributed by atoms with E-state index in [-0.39, 0.29) is 43.3 Å². The lowest BCUT2D eigenvalue weighted by atomic mass is 9.79. The molecule has 10 aromatic rings. The molecule has 0 aliphatic rings. The van der Waals surface area contributed by atoms with Crippen LogP contribution in [0.1, 0.15) is 211 Å². The molecule has 3 aromatic heterocycles. The summed E-state index contributed by atoms with van der Waals surface area (Å²) >= 11 is 0. The topological polar surface area (TPSA) is 69.4 Å². The number of fused-ring (bicyclic) bond motifs is 3. The number of hydrogen-bond acceptors (Lipinski definition) is 5. The van der Waals surface area contributed by atoms with Gasteiger partial charge in [-0.15, -0.1) is 0 Å². The highest BCUT2D eigenvalue weighted by atomic mass is 15.1. The maximum absolute atomic E-state index is 5.74. The van der Waals surface area contributed by atoms with Gasteiger partial charge in [0.1, 0.15) is 0 Å². The van der Waals surface area contributed by atoms with Crippen LogP contribution in [0.4, 0.5) is 0 Å². The molecular weight excluding hydrogens is 1060 g/mol.